The molecule has 0 saturated carbocycles. The SMILES string of the molecule is COc1ccc(OC)c(S(=O)(=O)NNC(=O)c2cn(C)c3ccccc23)c1. The van der Waals surface area contributed by atoms with Crippen LogP contribution in [-0.2, 0) is 17.1 Å². The molecule has 0 radical (unpaired) electrons. The van der Waals surface area contributed by atoms with Crippen molar-refractivity contribution in [2.45, 2.75) is 4.90 Å². The zero-order valence-electron chi connectivity index (χ0n) is 15.0. The molecule has 1 amide bonds. The fraction of sp³-hybridized carbons (Fsp3) is 0.167. The van der Waals surface area contributed by atoms with E-state index in [1.165, 1.54) is 26.4 Å². The number of sulfonamides is 1. The number of hydrazine groups is 1. The second kappa shape index (κ2) is 7.29. The number of hydrogen-bond donors (Lipinski definition) is 2. The number of ether oxygens (including phenoxy) is 2. The number of aromatic nitrogens is 1. The predicted octanol–water partition coefficient (Wildman–Crippen LogP) is 1.82. The Bertz CT molecular complexity index is 1110. The molecule has 1 heterocycles. The first-order valence-corrected chi connectivity index (χ1v) is 9.44. The first-order valence-electron chi connectivity index (χ1n) is 7.95. The molecule has 0 unspecified atom stereocenters. The van der Waals surface area contributed by atoms with Crippen molar-refractivity contribution < 1.29 is 22.7 Å². The highest BCUT2D eigenvalue weighted by atomic mass is 32.2. The van der Waals surface area contributed by atoms with Crippen LogP contribution in [0.15, 0.2) is 53.6 Å². The average Bonchev–Trinajstić information content (AvgIpc) is 3.02. The Hall–Kier alpha value is -3.04. The van der Waals surface area contributed by atoms with Gasteiger partial charge < -0.3 is 14.0 Å². The van der Waals surface area contributed by atoms with E-state index in [0.29, 0.717) is 11.3 Å². The molecule has 2 aromatic carbocycles. The number of hydrogen-bond acceptors (Lipinski definition) is 5. The molecule has 3 rings (SSSR count). The van der Waals surface area contributed by atoms with Crippen LogP contribution >= 0.6 is 0 Å². The van der Waals surface area contributed by atoms with Gasteiger partial charge >= 0.3 is 0 Å². The molecule has 1 aromatic heterocycles. The third-order valence-electron chi connectivity index (χ3n) is 4.10. The third kappa shape index (κ3) is 3.60. The van der Waals surface area contributed by atoms with E-state index >= 15 is 0 Å². The molecule has 27 heavy (non-hydrogen) atoms. The van der Waals surface area contributed by atoms with Gasteiger partial charge in [0.15, 0.2) is 0 Å². The molecule has 0 aliphatic carbocycles. The predicted molar refractivity (Wildman–Crippen MR) is 100 cm³/mol. The first-order chi connectivity index (χ1) is 12.9. The van der Waals surface area contributed by atoms with Gasteiger partial charge in [-0.2, -0.15) is 0 Å². The lowest BCUT2D eigenvalue weighted by atomic mass is 10.2. The molecule has 0 atom stereocenters. The molecule has 0 fully saturated rings. The van der Waals surface area contributed by atoms with E-state index in [9.17, 15) is 13.2 Å². The van der Waals surface area contributed by atoms with Crippen molar-refractivity contribution in [2.75, 3.05) is 14.2 Å². The second-order valence-electron chi connectivity index (χ2n) is 5.75. The van der Waals surface area contributed by atoms with Crippen LogP contribution < -0.4 is 19.7 Å². The molecule has 3 aromatic rings. The highest BCUT2D eigenvalue weighted by Gasteiger charge is 2.22. The van der Waals surface area contributed by atoms with Crippen molar-refractivity contribution in [1.29, 1.82) is 0 Å². The Labute approximate surface area is 156 Å². The molecular formula is C18H19N3O5S. The van der Waals surface area contributed by atoms with Crippen LogP contribution in [-0.4, -0.2) is 33.1 Å². The quantitative estimate of drug-likeness (QED) is 0.627. The van der Waals surface area contributed by atoms with Gasteiger partial charge in [0.05, 0.1) is 19.8 Å². The van der Waals surface area contributed by atoms with Crippen LogP contribution in [0.5, 0.6) is 11.5 Å². The zero-order chi connectivity index (χ0) is 19.6. The van der Waals surface area contributed by atoms with E-state index < -0.39 is 15.9 Å². The van der Waals surface area contributed by atoms with Crippen molar-refractivity contribution in [1.82, 2.24) is 14.8 Å². The van der Waals surface area contributed by atoms with E-state index in [1.54, 1.807) is 22.9 Å². The first kappa shape index (κ1) is 18.7. The van der Waals surface area contributed by atoms with Crippen molar-refractivity contribution in [2.24, 2.45) is 7.05 Å². The summed E-state index contributed by atoms with van der Waals surface area (Å²) >= 11 is 0. The molecule has 0 aliphatic heterocycles. The molecule has 0 aliphatic rings. The summed E-state index contributed by atoms with van der Waals surface area (Å²) in [7, 11) is 0.512. The number of nitrogens with one attached hydrogen (secondary N) is 2. The fourth-order valence-corrected chi connectivity index (χ4v) is 3.78. The fourth-order valence-electron chi connectivity index (χ4n) is 2.75. The van der Waals surface area contributed by atoms with Gasteiger partial charge in [0.2, 0.25) is 0 Å². The summed E-state index contributed by atoms with van der Waals surface area (Å²) in [5.74, 6) is -0.100. The lowest BCUT2D eigenvalue weighted by Gasteiger charge is -2.12. The molecule has 0 bridgehead atoms. The molecule has 8 nitrogen and oxygen atoms in total. The molecule has 0 spiro atoms. The lowest BCUT2D eigenvalue weighted by molar-refractivity contribution is 0.0946. The Balaban J connectivity index is 1.86. The molecule has 142 valence electrons. The number of nitrogens with zero attached hydrogens (tertiary/aromatic N) is 1. The van der Waals surface area contributed by atoms with Crippen LogP contribution in [0.2, 0.25) is 0 Å². The molecule has 9 heteroatoms. The van der Waals surface area contributed by atoms with E-state index in [2.05, 4.69) is 10.3 Å². The van der Waals surface area contributed by atoms with E-state index in [4.69, 9.17) is 9.47 Å². The summed E-state index contributed by atoms with van der Waals surface area (Å²) in [4.78, 5) is 14.5. The maximum atomic E-state index is 12.6. The van der Waals surface area contributed by atoms with Crippen molar-refractivity contribution in [3.05, 3.63) is 54.2 Å². The van der Waals surface area contributed by atoms with Gasteiger partial charge in [-0.3, -0.25) is 10.2 Å². The zero-order valence-corrected chi connectivity index (χ0v) is 15.8. The highest BCUT2D eigenvalue weighted by Crippen LogP contribution is 2.28. The number of methoxy groups -OCH3 is 2. The van der Waals surface area contributed by atoms with Gasteiger partial charge in [-0.15, -0.1) is 4.83 Å². The van der Waals surface area contributed by atoms with Crippen molar-refractivity contribution in [3.63, 3.8) is 0 Å². The number of para-hydroxylation sites is 1. The topological polar surface area (TPSA) is 98.7 Å². The largest absolute Gasteiger partial charge is 0.497 e. The van der Waals surface area contributed by atoms with Crippen LogP contribution in [0.25, 0.3) is 10.9 Å². The van der Waals surface area contributed by atoms with Crippen molar-refractivity contribution >= 4 is 26.8 Å². The smallest absolute Gasteiger partial charge is 0.268 e. The summed E-state index contributed by atoms with van der Waals surface area (Å²) < 4.78 is 37.2. The second-order valence-corrected chi connectivity index (χ2v) is 7.40. The van der Waals surface area contributed by atoms with E-state index in [1.807, 2.05) is 25.2 Å². The Morgan fingerprint density at radius 3 is 2.52 bits per heavy atom. The minimum atomic E-state index is -4.08. The summed E-state index contributed by atoms with van der Waals surface area (Å²) in [6.07, 6.45) is 1.64. The number of aryl methyl sites for hydroxylation is 1. The molecule has 2 N–H and O–H groups in total. The Kier molecular flexibility index (Phi) is 5.06. The lowest BCUT2D eigenvalue weighted by Crippen LogP contribution is -2.41. The summed E-state index contributed by atoms with van der Waals surface area (Å²) in [6.45, 7) is 0. The number of fused-ring (bicyclic) bond motifs is 1. The average molecular weight is 389 g/mol. The maximum Gasteiger partial charge on any atom is 0.268 e. The van der Waals surface area contributed by atoms with Crippen LogP contribution in [0.4, 0.5) is 0 Å². The maximum absolute atomic E-state index is 12.6. The number of carbonyl (C=O) groups excluding carboxylic acids is 1. The minimum absolute atomic E-state index is 0.128. The van der Waals surface area contributed by atoms with Crippen LogP contribution in [0.1, 0.15) is 10.4 Å². The Morgan fingerprint density at radius 1 is 1.07 bits per heavy atom. The molecular weight excluding hydrogens is 370 g/mol. The standard InChI is InChI=1S/C18H19N3O5S/c1-21-11-14(13-6-4-5-7-15(13)21)18(22)19-20-27(23,24)17-10-12(25-2)8-9-16(17)26-3/h4-11,20H,1-3H3,(H,19,22). The number of benzene rings is 2. The van der Waals surface area contributed by atoms with E-state index in [0.717, 1.165) is 10.9 Å². The van der Waals surface area contributed by atoms with Gasteiger partial charge in [0.1, 0.15) is 16.4 Å². The summed E-state index contributed by atoms with van der Waals surface area (Å²) in [6, 6.07) is 11.7. The summed E-state index contributed by atoms with van der Waals surface area (Å²) in [5, 5.41) is 0.718. The van der Waals surface area contributed by atoms with Crippen molar-refractivity contribution in [3.8, 4) is 11.5 Å². The van der Waals surface area contributed by atoms with E-state index in [-0.39, 0.29) is 10.6 Å². The number of carbonyl (C=O) groups is 1. The summed E-state index contributed by atoms with van der Waals surface area (Å²) in [5.41, 5.74) is 3.46. The monoisotopic (exact) mass is 389 g/mol. The highest BCUT2D eigenvalue weighted by molar-refractivity contribution is 7.89. The normalized spacial score (nSPS) is 11.4. The van der Waals surface area contributed by atoms with Crippen LogP contribution in [0, 0.1) is 0 Å². The van der Waals surface area contributed by atoms with Gasteiger partial charge in [-0.05, 0) is 18.2 Å². The number of rotatable bonds is 6. The Morgan fingerprint density at radius 2 is 1.81 bits per heavy atom. The van der Waals surface area contributed by atoms with Gasteiger partial charge in [-0.25, -0.2) is 8.42 Å². The van der Waals surface area contributed by atoms with Crippen LogP contribution in [0.3, 0.4) is 0 Å². The number of amides is 1. The van der Waals surface area contributed by atoms with Gasteiger partial charge in [0.25, 0.3) is 15.9 Å². The third-order valence-corrected chi connectivity index (χ3v) is 5.37. The molecule has 0 saturated heterocycles. The van der Waals surface area contributed by atoms with Gasteiger partial charge in [-0.1, -0.05) is 18.2 Å². The minimum Gasteiger partial charge on any atom is -0.497 e. The van der Waals surface area contributed by atoms with Gasteiger partial charge in [0, 0.05) is 30.2 Å².